The molecule has 5 rings (SSSR count). The van der Waals surface area contributed by atoms with Crippen LogP contribution in [0.4, 0.5) is 29.3 Å². The Bertz CT molecular complexity index is 1670. The molecule has 1 aliphatic rings. The number of carbonyl (C=O) groups excluding carboxylic acids is 2. The predicted octanol–water partition coefficient (Wildman–Crippen LogP) is 6.88. The average molecular weight is 623 g/mol. The van der Waals surface area contributed by atoms with Gasteiger partial charge in [-0.25, -0.2) is 14.5 Å². The molecule has 1 saturated heterocycles. The summed E-state index contributed by atoms with van der Waals surface area (Å²) in [6.07, 6.45) is -0.360. The molecule has 4 aromatic rings. The van der Waals surface area contributed by atoms with Crippen molar-refractivity contribution in [3.63, 3.8) is 0 Å². The molecule has 13 heteroatoms. The Balaban J connectivity index is 1.17. The number of alkyl halides is 3. The number of benzene rings is 3. The number of ether oxygens (including phenoxy) is 1. The number of thioether (sulfide) groups is 1. The van der Waals surface area contributed by atoms with Crippen LogP contribution in [0.25, 0.3) is 5.69 Å². The van der Waals surface area contributed by atoms with Gasteiger partial charge in [0.25, 0.3) is 0 Å². The largest absolute Gasteiger partial charge is 0.573 e. The van der Waals surface area contributed by atoms with E-state index in [0.29, 0.717) is 35.2 Å². The fourth-order valence-electron chi connectivity index (χ4n) is 4.63. The molecule has 3 aromatic carbocycles. The number of nitrogens with zero attached hydrogens (tertiary/aromatic N) is 5. The van der Waals surface area contributed by atoms with Gasteiger partial charge in [-0.1, -0.05) is 49.4 Å². The molecule has 228 valence electrons. The second kappa shape index (κ2) is 13.3. The first kappa shape index (κ1) is 30.8. The van der Waals surface area contributed by atoms with Gasteiger partial charge in [0.1, 0.15) is 12.1 Å². The number of amides is 3. The van der Waals surface area contributed by atoms with Gasteiger partial charge in [0.05, 0.1) is 17.1 Å². The minimum absolute atomic E-state index is 0.110. The van der Waals surface area contributed by atoms with Crippen molar-refractivity contribution in [2.45, 2.75) is 45.9 Å². The Hall–Kier alpha value is -4.65. The maximum absolute atomic E-state index is 12.8. The lowest BCUT2D eigenvalue weighted by molar-refractivity contribution is -0.274. The number of carbonyl (C=O) groups is 2. The maximum Gasteiger partial charge on any atom is 0.573 e. The molecular weight excluding hydrogens is 593 g/mol. The third-order valence-corrected chi connectivity index (χ3v) is 7.60. The van der Waals surface area contributed by atoms with E-state index in [1.165, 1.54) is 51.9 Å². The van der Waals surface area contributed by atoms with E-state index in [1.54, 1.807) is 12.1 Å². The Morgan fingerprint density at radius 1 is 1.05 bits per heavy atom. The van der Waals surface area contributed by atoms with Crippen LogP contribution in [0.15, 0.2) is 78.0 Å². The molecule has 0 atom stereocenters. The van der Waals surface area contributed by atoms with E-state index in [4.69, 9.17) is 0 Å². The summed E-state index contributed by atoms with van der Waals surface area (Å²) in [5.74, 6) is 0.363. The van der Waals surface area contributed by atoms with E-state index in [9.17, 15) is 22.8 Å². The summed E-state index contributed by atoms with van der Waals surface area (Å²) >= 11 is 1.24. The van der Waals surface area contributed by atoms with E-state index in [-0.39, 0.29) is 17.4 Å². The van der Waals surface area contributed by atoms with E-state index in [1.807, 2.05) is 37.3 Å². The van der Waals surface area contributed by atoms with E-state index in [0.717, 1.165) is 35.2 Å². The van der Waals surface area contributed by atoms with Crippen LogP contribution >= 0.6 is 11.8 Å². The molecule has 2 heterocycles. The molecule has 1 N–H and O–H groups in total. The quantitative estimate of drug-likeness (QED) is 0.218. The highest BCUT2D eigenvalue weighted by Gasteiger charge is 2.32. The smallest absolute Gasteiger partial charge is 0.406 e. The highest BCUT2D eigenvalue weighted by Crippen LogP contribution is 2.31. The number of anilines is 2. The van der Waals surface area contributed by atoms with Crippen molar-refractivity contribution in [2.24, 2.45) is 4.99 Å². The first-order valence-corrected chi connectivity index (χ1v) is 14.9. The third-order valence-electron chi connectivity index (χ3n) is 6.68. The van der Waals surface area contributed by atoms with Gasteiger partial charge in [0, 0.05) is 12.1 Å². The average Bonchev–Trinajstić information content (AvgIpc) is 3.60. The number of rotatable bonds is 9. The normalized spacial score (nSPS) is 14.3. The number of nitrogens with one attached hydrogen (secondary N) is 1. The van der Waals surface area contributed by atoms with Crippen molar-refractivity contribution >= 4 is 40.2 Å². The second-order valence-corrected chi connectivity index (χ2v) is 11.0. The standard InChI is InChI=1S/C31H29F3N6O3S/c1-3-4-22-9-5-20(2)17-26(22)40-28(41)18-44-30(40)37-29(42)36-23-10-6-21(7-11-23)8-16-27-35-19-39(38-27)24-12-14-25(15-13-24)43-31(32,33)34/h5-7,9-15,17,19H,3-4,8,16,18H2,1-2H3,(H,36,42)/b37-30-. The Kier molecular flexibility index (Phi) is 9.33. The topological polar surface area (TPSA) is 102 Å². The van der Waals surface area contributed by atoms with Gasteiger partial charge in [0.2, 0.25) is 5.91 Å². The summed E-state index contributed by atoms with van der Waals surface area (Å²) in [4.78, 5) is 35.6. The van der Waals surface area contributed by atoms with Crippen molar-refractivity contribution in [2.75, 3.05) is 16.0 Å². The van der Waals surface area contributed by atoms with Gasteiger partial charge in [0.15, 0.2) is 11.0 Å². The summed E-state index contributed by atoms with van der Waals surface area (Å²) in [7, 11) is 0. The molecule has 44 heavy (non-hydrogen) atoms. The Labute approximate surface area is 256 Å². The molecule has 1 aliphatic heterocycles. The molecule has 1 aromatic heterocycles. The van der Waals surface area contributed by atoms with Gasteiger partial charge < -0.3 is 10.1 Å². The van der Waals surface area contributed by atoms with E-state index >= 15 is 0 Å². The van der Waals surface area contributed by atoms with Crippen LogP contribution < -0.4 is 15.0 Å². The number of amidine groups is 1. The van der Waals surface area contributed by atoms with Gasteiger partial charge in [-0.2, -0.15) is 10.1 Å². The summed E-state index contributed by atoms with van der Waals surface area (Å²) < 4.78 is 42.5. The number of halogens is 3. The lowest BCUT2D eigenvalue weighted by Crippen LogP contribution is -2.31. The first-order chi connectivity index (χ1) is 21.1. The zero-order valence-corrected chi connectivity index (χ0v) is 24.8. The van der Waals surface area contributed by atoms with Crippen molar-refractivity contribution in [3.8, 4) is 11.4 Å². The van der Waals surface area contributed by atoms with Crippen LogP contribution in [0, 0.1) is 6.92 Å². The second-order valence-electron chi connectivity index (χ2n) is 10.1. The molecular formula is C31H29F3N6O3S. The molecule has 9 nitrogen and oxygen atoms in total. The highest BCUT2D eigenvalue weighted by molar-refractivity contribution is 8.15. The van der Waals surface area contributed by atoms with E-state index < -0.39 is 12.4 Å². The number of hydrogen-bond donors (Lipinski definition) is 1. The molecule has 1 fully saturated rings. The molecule has 0 saturated carbocycles. The molecule has 0 radical (unpaired) electrons. The number of aromatic nitrogens is 3. The Morgan fingerprint density at radius 3 is 2.50 bits per heavy atom. The van der Waals surface area contributed by atoms with Gasteiger partial charge >= 0.3 is 12.4 Å². The van der Waals surface area contributed by atoms with Crippen molar-refractivity contribution in [3.05, 3.63) is 95.6 Å². The zero-order valence-electron chi connectivity index (χ0n) is 24.0. The maximum atomic E-state index is 12.8. The molecule has 0 aliphatic carbocycles. The van der Waals surface area contributed by atoms with Crippen molar-refractivity contribution in [1.82, 2.24) is 14.8 Å². The molecule has 3 amide bonds. The molecule has 0 unspecified atom stereocenters. The lowest BCUT2D eigenvalue weighted by atomic mass is 10.0. The molecule has 0 bridgehead atoms. The molecule has 0 spiro atoms. The lowest BCUT2D eigenvalue weighted by Gasteiger charge is -2.20. The Morgan fingerprint density at radius 2 is 1.80 bits per heavy atom. The zero-order chi connectivity index (χ0) is 31.3. The number of hydrogen-bond acceptors (Lipinski definition) is 6. The summed E-state index contributed by atoms with van der Waals surface area (Å²) in [5.41, 5.74) is 4.92. The fourth-order valence-corrected chi connectivity index (χ4v) is 5.49. The number of aliphatic imine (C=N–C) groups is 1. The van der Waals surface area contributed by atoms with Crippen molar-refractivity contribution < 1.29 is 27.5 Å². The highest BCUT2D eigenvalue weighted by atomic mass is 32.2. The first-order valence-electron chi connectivity index (χ1n) is 13.9. The summed E-state index contributed by atoms with van der Waals surface area (Å²) in [5, 5.41) is 7.52. The van der Waals surface area contributed by atoms with E-state index in [2.05, 4.69) is 32.1 Å². The van der Waals surface area contributed by atoms with Gasteiger partial charge in [-0.05, 0) is 78.9 Å². The summed E-state index contributed by atoms with van der Waals surface area (Å²) in [6.45, 7) is 4.04. The van der Waals surface area contributed by atoms with Crippen LogP contribution in [-0.2, 0) is 24.1 Å². The van der Waals surface area contributed by atoms with Crippen LogP contribution in [-0.4, -0.2) is 44.0 Å². The predicted molar refractivity (Wildman–Crippen MR) is 163 cm³/mol. The summed E-state index contributed by atoms with van der Waals surface area (Å²) in [6, 6.07) is 18.1. The van der Waals surface area contributed by atoms with Crippen LogP contribution in [0.2, 0.25) is 0 Å². The monoisotopic (exact) mass is 622 g/mol. The third kappa shape index (κ3) is 7.84. The minimum Gasteiger partial charge on any atom is -0.406 e. The number of aryl methyl sites for hydroxylation is 4. The van der Waals surface area contributed by atoms with Gasteiger partial charge in [-0.15, -0.1) is 13.2 Å². The van der Waals surface area contributed by atoms with Gasteiger partial charge in [-0.3, -0.25) is 9.69 Å². The van der Waals surface area contributed by atoms with Crippen LogP contribution in [0.3, 0.4) is 0 Å². The minimum atomic E-state index is -4.75. The number of urea groups is 1. The fraction of sp³-hybridized carbons (Fsp3) is 0.258. The SMILES string of the molecule is CCCc1ccc(C)cc1N1C(=O)CS/C1=N\C(=O)Nc1ccc(CCc2ncn(-c3ccc(OC(F)(F)F)cc3)n2)cc1. The van der Waals surface area contributed by atoms with Crippen LogP contribution in [0.1, 0.15) is 35.9 Å². The van der Waals surface area contributed by atoms with Crippen LogP contribution in [0.5, 0.6) is 5.75 Å². The van der Waals surface area contributed by atoms with Crippen molar-refractivity contribution in [1.29, 1.82) is 0 Å².